The number of H-pyrrole nitrogens is 2. The molecule has 0 fully saturated rings. The third-order valence-electron chi connectivity index (χ3n) is 3.43. The molecule has 0 amide bonds. The lowest BCUT2D eigenvalue weighted by Crippen LogP contribution is -2.17. The Labute approximate surface area is 127 Å². The highest BCUT2D eigenvalue weighted by Gasteiger charge is 2.06. The molecule has 2 aromatic heterocycles. The summed E-state index contributed by atoms with van der Waals surface area (Å²) in [5.41, 5.74) is 4.70. The largest absolute Gasteiger partial charge is 0.341 e. The van der Waals surface area contributed by atoms with Gasteiger partial charge in [0.25, 0.3) is 0 Å². The fourth-order valence-electron chi connectivity index (χ4n) is 2.14. The van der Waals surface area contributed by atoms with E-state index in [1.807, 2.05) is 0 Å². The Morgan fingerprint density at radius 3 is 3.00 bits per heavy atom. The molecule has 3 rings (SSSR count). The summed E-state index contributed by atoms with van der Waals surface area (Å²) in [6.45, 7) is 5.86. The molecule has 0 bridgehead atoms. The Morgan fingerprint density at radius 2 is 2.19 bits per heavy atom. The molecule has 0 unspecified atom stereocenters. The molecule has 7 heteroatoms. The third-order valence-corrected chi connectivity index (χ3v) is 4.31. The van der Waals surface area contributed by atoms with E-state index in [2.05, 4.69) is 56.4 Å². The first-order valence-electron chi connectivity index (χ1n) is 6.87. The number of rotatable bonds is 6. The highest BCUT2D eigenvalue weighted by atomic mass is 32.2. The first-order valence-corrected chi connectivity index (χ1v) is 7.86. The molecule has 3 N–H and O–H groups in total. The van der Waals surface area contributed by atoms with Crippen molar-refractivity contribution < 1.29 is 0 Å². The Morgan fingerprint density at radius 1 is 1.29 bits per heavy atom. The van der Waals surface area contributed by atoms with Crippen LogP contribution in [0.5, 0.6) is 0 Å². The highest BCUT2D eigenvalue weighted by Crippen LogP contribution is 2.19. The van der Waals surface area contributed by atoms with E-state index >= 15 is 0 Å². The molecule has 0 saturated carbocycles. The van der Waals surface area contributed by atoms with E-state index in [1.54, 1.807) is 11.8 Å². The molecule has 0 aliphatic carbocycles. The summed E-state index contributed by atoms with van der Waals surface area (Å²) in [6.07, 6.45) is 1.52. The van der Waals surface area contributed by atoms with E-state index in [-0.39, 0.29) is 0 Å². The summed E-state index contributed by atoms with van der Waals surface area (Å²) in [7, 11) is 0. The molecule has 0 spiro atoms. The van der Waals surface area contributed by atoms with E-state index in [9.17, 15) is 0 Å². The fourth-order valence-corrected chi connectivity index (χ4v) is 2.82. The van der Waals surface area contributed by atoms with Gasteiger partial charge in [-0.3, -0.25) is 5.10 Å². The second-order valence-corrected chi connectivity index (χ2v) is 5.99. The summed E-state index contributed by atoms with van der Waals surface area (Å²) in [6, 6.07) is 4.22. The normalized spacial score (nSPS) is 11.3. The number of hydrogen-bond acceptors (Lipinski definition) is 5. The lowest BCUT2D eigenvalue weighted by atomic mass is 10.1. The summed E-state index contributed by atoms with van der Waals surface area (Å²) >= 11 is 1.65. The van der Waals surface area contributed by atoms with Crippen LogP contribution < -0.4 is 5.32 Å². The van der Waals surface area contributed by atoms with Crippen LogP contribution in [0.3, 0.4) is 0 Å². The zero-order valence-electron chi connectivity index (χ0n) is 12.1. The SMILES string of the molecule is Cc1ccc2[nH]c(CNCCSc3ncn[nH]3)nc2c1C. The van der Waals surface area contributed by atoms with Gasteiger partial charge >= 0.3 is 0 Å². The minimum absolute atomic E-state index is 0.740. The first-order chi connectivity index (χ1) is 10.2. The summed E-state index contributed by atoms with van der Waals surface area (Å²) in [4.78, 5) is 12.1. The number of fused-ring (bicyclic) bond motifs is 1. The quantitative estimate of drug-likeness (QED) is 0.480. The topological polar surface area (TPSA) is 82.3 Å². The highest BCUT2D eigenvalue weighted by molar-refractivity contribution is 7.99. The lowest BCUT2D eigenvalue weighted by Gasteiger charge is -2.00. The molecule has 0 saturated heterocycles. The molecule has 0 radical (unpaired) electrons. The number of hydrogen-bond donors (Lipinski definition) is 3. The predicted molar refractivity (Wildman–Crippen MR) is 84.4 cm³/mol. The lowest BCUT2D eigenvalue weighted by molar-refractivity contribution is 0.704. The van der Waals surface area contributed by atoms with Crippen LogP contribution in [0.15, 0.2) is 23.6 Å². The second kappa shape index (κ2) is 6.28. The van der Waals surface area contributed by atoms with Crippen LogP contribution in [0, 0.1) is 13.8 Å². The van der Waals surface area contributed by atoms with Gasteiger partial charge in [-0.15, -0.1) is 0 Å². The van der Waals surface area contributed by atoms with E-state index in [1.165, 1.54) is 17.5 Å². The number of aryl methyl sites for hydroxylation is 2. The van der Waals surface area contributed by atoms with Crippen molar-refractivity contribution in [3.63, 3.8) is 0 Å². The van der Waals surface area contributed by atoms with Crippen molar-refractivity contribution >= 4 is 22.8 Å². The van der Waals surface area contributed by atoms with Gasteiger partial charge in [-0.25, -0.2) is 9.97 Å². The number of thioether (sulfide) groups is 1. The maximum Gasteiger partial charge on any atom is 0.183 e. The molecular formula is C14H18N6S. The molecule has 110 valence electrons. The fraction of sp³-hybridized carbons (Fsp3) is 0.357. The van der Waals surface area contributed by atoms with E-state index in [4.69, 9.17) is 0 Å². The number of imidazole rings is 1. The van der Waals surface area contributed by atoms with Crippen molar-refractivity contribution in [1.82, 2.24) is 30.5 Å². The van der Waals surface area contributed by atoms with E-state index < -0.39 is 0 Å². The van der Waals surface area contributed by atoms with Crippen LogP contribution in [-0.2, 0) is 6.54 Å². The molecule has 0 atom stereocenters. The number of aromatic amines is 2. The van der Waals surface area contributed by atoms with Gasteiger partial charge in [0.2, 0.25) is 0 Å². The summed E-state index contributed by atoms with van der Waals surface area (Å²) in [5.74, 6) is 1.91. The first kappa shape index (κ1) is 14.1. The summed E-state index contributed by atoms with van der Waals surface area (Å²) in [5, 5.41) is 10.9. The molecule has 6 nitrogen and oxygen atoms in total. The summed E-state index contributed by atoms with van der Waals surface area (Å²) < 4.78 is 0. The molecular weight excluding hydrogens is 284 g/mol. The van der Waals surface area contributed by atoms with Crippen LogP contribution in [0.25, 0.3) is 11.0 Å². The number of nitrogens with one attached hydrogen (secondary N) is 3. The van der Waals surface area contributed by atoms with Gasteiger partial charge in [0.15, 0.2) is 5.16 Å². The minimum Gasteiger partial charge on any atom is -0.341 e. The molecule has 1 aromatic carbocycles. The number of benzene rings is 1. The molecule has 2 heterocycles. The molecule has 0 aliphatic heterocycles. The van der Waals surface area contributed by atoms with Gasteiger partial charge in [-0.2, -0.15) is 5.10 Å². The molecule has 3 aromatic rings. The van der Waals surface area contributed by atoms with Gasteiger partial charge in [0.05, 0.1) is 17.6 Å². The van der Waals surface area contributed by atoms with Gasteiger partial charge in [0, 0.05) is 12.3 Å². The predicted octanol–water partition coefficient (Wildman–Crippen LogP) is 2.18. The van der Waals surface area contributed by atoms with Crippen LogP contribution in [0.4, 0.5) is 0 Å². The minimum atomic E-state index is 0.740. The Balaban J connectivity index is 1.52. The Hall–Kier alpha value is -1.86. The van der Waals surface area contributed by atoms with Gasteiger partial charge in [0.1, 0.15) is 12.2 Å². The van der Waals surface area contributed by atoms with Crippen LogP contribution in [0.2, 0.25) is 0 Å². The average molecular weight is 302 g/mol. The van der Waals surface area contributed by atoms with Crippen molar-refractivity contribution in [2.45, 2.75) is 25.5 Å². The number of aromatic nitrogens is 5. The average Bonchev–Trinajstić information content (AvgIpc) is 3.12. The third kappa shape index (κ3) is 3.25. The molecule has 21 heavy (non-hydrogen) atoms. The Kier molecular flexibility index (Phi) is 4.21. The Bertz CT molecular complexity index is 718. The van der Waals surface area contributed by atoms with Crippen molar-refractivity contribution in [2.75, 3.05) is 12.3 Å². The van der Waals surface area contributed by atoms with Gasteiger partial charge in [-0.05, 0) is 31.0 Å². The van der Waals surface area contributed by atoms with Crippen molar-refractivity contribution in [3.05, 3.63) is 35.4 Å². The van der Waals surface area contributed by atoms with E-state index in [0.29, 0.717) is 0 Å². The van der Waals surface area contributed by atoms with Gasteiger partial charge in [-0.1, -0.05) is 17.8 Å². The van der Waals surface area contributed by atoms with Gasteiger partial charge < -0.3 is 10.3 Å². The number of nitrogens with zero attached hydrogens (tertiary/aromatic N) is 3. The van der Waals surface area contributed by atoms with Crippen molar-refractivity contribution in [1.29, 1.82) is 0 Å². The zero-order chi connectivity index (χ0) is 14.7. The van der Waals surface area contributed by atoms with Crippen LogP contribution in [0.1, 0.15) is 17.0 Å². The molecule has 0 aliphatic rings. The monoisotopic (exact) mass is 302 g/mol. The van der Waals surface area contributed by atoms with Crippen LogP contribution >= 0.6 is 11.8 Å². The van der Waals surface area contributed by atoms with E-state index in [0.717, 1.165) is 40.9 Å². The van der Waals surface area contributed by atoms with Crippen LogP contribution in [-0.4, -0.2) is 37.4 Å². The smallest absolute Gasteiger partial charge is 0.183 e. The maximum absolute atomic E-state index is 4.67. The maximum atomic E-state index is 4.67. The standard InChI is InChI=1S/C14H18N6S/c1-9-3-4-11-13(10(9)2)19-12(18-11)7-15-5-6-21-14-16-8-17-20-14/h3-4,8,15H,5-7H2,1-2H3,(H,18,19)(H,16,17,20). The second-order valence-electron chi connectivity index (χ2n) is 4.90. The zero-order valence-corrected chi connectivity index (χ0v) is 12.9. The van der Waals surface area contributed by atoms with Crippen molar-refractivity contribution in [3.8, 4) is 0 Å². The van der Waals surface area contributed by atoms with Crippen molar-refractivity contribution in [2.24, 2.45) is 0 Å².